The average Bonchev–Trinajstić information content (AvgIpc) is 2.78. The molecule has 146 valence electrons. The maximum absolute atomic E-state index is 6.23. The van der Waals surface area contributed by atoms with Gasteiger partial charge < -0.3 is 5.73 Å². The summed E-state index contributed by atoms with van der Waals surface area (Å²) in [7, 11) is 0. The molecule has 1 nitrogen and oxygen atoms in total. The third kappa shape index (κ3) is 4.59. The lowest BCUT2D eigenvalue weighted by atomic mass is 9.54. The first kappa shape index (κ1) is 22.5. The second kappa shape index (κ2) is 8.42. The lowest BCUT2D eigenvalue weighted by Gasteiger charge is -2.51. The summed E-state index contributed by atoms with van der Waals surface area (Å²) in [5.74, 6) is 1.82. The molecule has 0 spiro atoms. The Morgan fingerprint density at radius 3 is 2.28 bits per heavy atom. The van der Waals surface area contributed by atoms with Crippen molar-refractivity contribution in [3.63, 3.8) is 0 Å². The zero-order valence-corrected chi connectivity index (χ0v) is 18.4. The van der Waals surface area contributed by atoms with Crippen LogP contribution in [0.25, 0.3) is 0 Å². The number of hydrogen-bond donors (Lipinski definition) is 1. The lowest BCUT2D eigenvalue weighted by molar-refractivity contribution is 0.0461. The Hall–Kier alpha value is -0.560. The van der Waals surface area contributed by atoms with Crippen LogP contribution in [-0.4, -0.2) is 5.54 Å². The van der Waals surface area contributed by atoms with Gasteiger partial charge in [0.25, 0.3) is 0 Å². The van der Waals surface area contributed by atoms with Gasteiger partial charge in [-0.1, -0.05) is 72.3 Å². The molecular weight excluding hydrogens is 302 g/mol. The number of rotatable bonds is 4. The molecule has 1 heteroatoms. The molecular formula is C24H45N. The van der Waals surface area contributed by atoms with E-state index in [0.29, 0.717) is 22.7 Å². The minimum atomic E-state index is -0.135. The van der Waals surface area contributed by atoms with Crippen LogP contribution in [0.15, 0.2) is 24.3 Å². The predicted octanol–water partition coefficient (Wildman–Crippen LogP) is 7.13. The van der Waals surface area contributed by atoms with Gasteiger partial charge in [-0.3, -0.25) is 0 Å². The summed E-state index contributed by atoms with van der Waals surface area (Å²) >= 11 is 0. The molecule has 2 saturated carbocycles. The average molecular weight is 348 g/mol. The number of allylic oxidation sites excluding steroid dienone is 2. The van der Waals surface area contributed by atoms with Crippen LogP contribution >= 0.6 is 0 Å². The first-order chi connectivity index (χ1) is 11.4. The fourth-order valence-electron chi connectivity index (χ4n) is 5.01. The van der Waals surface area contributed by atoms with E-state index in [1.165, 1.54) is 44.1 Å². The summed E-state index contributed by atoms with van der Waals surface area (Å²) in [5.41, 5.74) is 8.38. The quantitative estimate of drug-likeness (QED) is 0.538. The Kier molecular flexibility index (Phi) is 7.57. The van der Waals surface area contributed by atoms with Gasteiger partial charge in [0.1, 0.15) is 0 Å². The monoisotopic (exact) mass is 347 g/mol. The topological polar surface area (TPSA) is 26.0 Å². The highest BCUT2D eigenvalue weighted by molar-refractivity contribution is 5.23. The molecule has 0 aliphatic heterocycles. The van der Waals surface area contributed by atoms with Crippen LogP contribution in [0.1, 0.15) is 93.9 Å². The van der Waals surface area contributed by atoms with E-state index in [1.54, 1.807) is 0 Å². The second-order valence-corrected chi connectivity index (χ2v) is 9.91. The van der Waals surface area contributed by atoms with Crippen molar-refractivity contribution in [2.75, 3.05) is 0 Å². The first-order valence-electron chi connectivity index (χ1n) is 10.6. The summed E-state index contributed by atoms with van der Waals surface area (Å²) < 4.78 is 0. The number of nitrogens with two attached hydrogens (primary N) is 1. The first-order valence-corrected chi connectivity index (χ1v) is 10.6. The van der Waals surface area contributed by atoms with Crippen molar-refractivity contribution in [1.82, 2.24) is 0 Å². The third-order valence-corrected chi connectivity index (χ3v) is 7.50. The van der Waals surface area contributed by atoms with Gasteiger partial charge in [0.2, 0.25) is 0 Å². The van der Waals surface area contributed by atoms with Gasteiger partial charge in [-0.05, 0) is 74.5 Å². The Morgan fingerprint density at radius 1 is 1.20 bits per heavy atom. The fraction of sp³-hybridized carbons (Fsp3) is 0.833. The van der Waals surface area contributed by atoms with Crippen molar-refractivity contribution in [3.05, 3.63) is 24.3 Å². The largest absolute Gasteiger partial charge is 0.325 e. The minimum Gasteiger partial charge on any atom is -0.325 e. The van der Waals surface area contributed by atoms with Crippen LogP contribution < -0.4 is 5.73 Å². The summed E-state index contributed by atoms with van der Waals surface area (Å²) in [6.07, 6.45) is 12.6. The third-order valence-electron chi connectivity index (χ3n) is 7.50. The van der Waals surface area contributed by atoms with E-state index in [-0.39, 0.29) is 5.54 Å². The summed E-state index contributed by atoms with van der Waals surface area (Å²) in [6.45, 7) is 22.6. The molecule has 2 unspecified atom stereocenters. The van der Waals surface area contributed by atoms with Crippen LogP contribution in [0.5, 0.6) is 0 Å². The fourth-order valence-corrected chi connectivity index (χ4v) is 5.01. The van der Waals surface area contributed by atoms with E-state index in [9.17, 15) is 0 Å². The summed E-state index contributed by atoms with van der Waals surface area (Å²) in [4.78, 5) is 0. The molecule has 0 amide bonds. The van der Waals surface area contributed by atoms with E-state index in [0.717, 1.165) is 5.92 Å². The van der Waals surface area contributed by atoms with Crippen LogP contribution in [0, 0.1) is 28.6 Å². The molecule has 0 radical (unpaired) electrons. The Bertz CT molecular complexity index is 469. The van der Waals surface area contributed by atoms with E-state index >= 15 is 0 Å². The highest BCUT2D eigenvalue weighted by Gasteiger charge is 2.57. The maximum Gasteiger partial charge on any atom is 0.0157 e. The van der Waals surface area contributed by atoms with Gasteiger partial charge in [-0.15, -0.1) is 0 Å². The zero-order valence-electron chi connectivity index (χ0n) is 18.4. The van der Waals surface area contributed by atoms with Crippen LogP contribution in [0.3, 0.4) is 0 Å². The summed E-state index contributed by atoms with van der Waals surface area (Å²) in [5, 5.41) is 0. The van der Waals surface area contributed by atoms with Crippen LogP contribution in [0.2, 0.25) is 0 Å². The van der Waals surface area contributed by atoms with Gasteiger partial charge in [0.15, 0.2) is 0 Å². The van der Waals surface area contributed by atoms with E-state index in [4.69, 9.17) is 5.73 Å². The van der Waals surface area contributed by atoms with Crippen molar-refractivity contribution in [1.29, 1.82) is 0 Å². The highest BCUT2D eigenvalue weighted by Crippen LogP contribution is 2.66. The van der Waals surface area contributed by atoms with Crippen molar-refractivity contribution in [2.45, 2.75) is 99.5 Å². The van der Waals surface area contributed by atoms with Gasteiger partial charge >= 0.3 is 0 Å². The molecule has 2 aliphatic rings. The Labute approximate surface area is 158 Å². The van der Waals surface area contributed by atoms with Crippen LogP contribution in [0.4, 0.5) is 0 Å². The molecule has 25 heavy (non-hydrogen) atoms. The van der Waals surface area contributed by atoms with E-state index < -0.39 is 0 Å². The molecule has 0 aromatic rings. The van der Waals surface area contributed by atoms with Crippen LogP contribution in [-0.2, 0) is 0 Å². The standard InChI is InChI=1S/C21H37N.C3H8/c1-15(10-11-16(2)19(4,5)22)18-12-14-20(6)17(3)9-8-13-21(18,20)7;1-3-2/h10-11,15-16,18H,3,8-9,12-14,22H2,1-2,4-7H3;3H2,1-2H3/b11-10+;/t15-,16?,18-,20+,21?;/m1./s1. The molecule has 2 N–H and O–H groups in total. The van der Waals surface area contributed by atoms with Crippen molar-refractivity contribution < 1.29 is 0 Å². The Morgan fingerprint density at radius 2 is 1.76 bits per heavy atom. The molecule has 0 saturated heterocycles. The molecule has 0 aromatic carbocycles. The molecule has 0 aromatic heterocycles. The summed E-state index contributed by atoms with van der Waals surface area (Å²) in [6, 6.07) is 0. The molecule has 2 aliphatic carbocycles. The van der Waals surface area contributed by atoms with Gasteiger partial charge in [-0.25, -0.2) is 0 Å². The molecule has 2 fully saturated rings. The van der Waals surface area contributed by atoms with E-state index in [2.05, 4.69) is 74.1 Å². The zero-order chi connectivity index (χ0) is 19.5. The van der Waals surface area contributed by atoms with Gasteiger partial charge in [-0.2, -0.15) is 0 Å². The maximum atomic E-state index is 6.23. The van der Waals surface area contributed by atoms with Crippen molar-refractivity contribution in [3.8, 4) is 0 Å². The van der Waals surface area contributed by atoms with Crippen molar-refractivity contribution >= 4 is 0 Å². The van der Waals surface area contributed by atoms with E-state index in [1.807, 2.05) is 0 Å². The molecule has 0 heterocycles. The Balaban J connectivity index is 0.000000970. The molecule has 0 bridgehead atoms. The number of hydrogen-bond acceptors (Lipinski definition) is 1. The molecule has 2 rings (SSSR count). The predicted molar refractivity (Wildman–Crippen MR) is 114 cm³/mol. The smallest absolute Gasteiger partial charge is 0.0157 e. The second-order valence-electron chi connectivity index (χ2n) is 9.91. The van der Waals surface area contributed by atoms with Gasteiger partial charge in [0.05, 0.1) is 0 Å². The van der Waals surface area contributed by atoms with Crippen molar-refractivity contribution in [2.24, 2.45) is 34.3 Å². The number of fused-ring (bicyclic) bond motifs is 1. The van der Waals surface area contributed by atoms with Gasteiger partial charge in [0, 0.05) is 5.54 Å². The lowest BCUT2D eigenvalue weighted by Crippen LogP contribution is -2.42. The highest BCUT2D eigenvalue weighted by atomic mass is 14.7. The minimum absolute atomic E-state index is 0.135. The normalized spacial score (nSPS) is 35.1. The SMILES string of the molecule is C=C1CCCC2(C)[C@@H]([C@H](C)/C=C/C(C)C(C)(C)N)CC[C@@]12C.CCC. The molecule has 5 atom stereocenters.